The molecular weight excluding hydrogens is 363 g/mol. The van der Waals surface area contributed by atoms with E-state index in [4.69, 9.17) is 5.73 Å². The minimum Gasteiger partial charge on any atom is -0.368 e. The van der Waals surface area contributed by atoms with Crippen molar-refractivity contribution >= 4 is 45.8 Å². The summed E-state index contributed by atoms with van der Waals surface area (Å²) in [5, 5.41) is 11.5. The molecule has 3 aromatic rings. The van der Waals surface area contributed by atoms with E-state index < -0.39 is 0 Å². The zero-order valence-corrected chi connectivity index (χ0v) is 15.1. The van der Waals surface area contributed by atoms with E-state index in [0.29, 0.717) is 32.7 Å². The highest BCUT2D eigenvalue weighted by Crippen LogP contribution is 2.30. The summed E-state index contributed by atoms with van der Waals surface area (Å²) in [5.41, 5.74) is 6.06. The number of rotatable bonds is 6. The van der Waals surface area contributed by atoms with Crippen molar-refractivity contribution in [1.29, 1.82) is 0 Å². The van der Waals surface area contributed by atoms with Gasteiger partial charge in [0.1, 0.15) is 11.6 Å². The van der Waals surface area contributed by atoms with Gasteiger partial charge in [0.2, 0.25) is 17.0 Å². The zero-order valence-electron chi connectivity index (χ0n) is 13.5. The first kappa shape index (κ1) is 17.3. The van der Waals surface area contributed by atoms with Gasteiger partial charge in [0.15, 0.2) is 4.34 Å². The number of nitrogens with zero attached hydrogens (tertiary/aromatic N) is 6. The van der Waals surface area contributed by atoms with E-state index in [-0.39, 0.29) is 11.8 Å². The van der Waals surface area contributed by atoms with Crippen LogP contribution in [-0.4, -0.2) is 39.2 Å². The van der Waals surface area contributed by atoms with Gasteiger partial charge in [-0.05, 0) is 12.1 Å². The number of aromatic nitrogens is 5. The first-order chi connectivity index (χ1) is 12.0. The fourth-order valence-electron chi connectivity index (χ4n) is 1.81. The Balaban J connectivity index is 1.65. The Morgan fingerprint density at radius 1 is 1.20 bits per heavy atom. The average molecular weight is 378 g/mol. The maximum atomic E-state index is 13.6. The molecule has 3 rings (SSSR count). The highest BCUT2D eigenvalue weighted by Gasteiger charge is 2.10. The summed E-state index contributed by atoms with van der Waals surface area (Å²) in [6, 6.07) is 6.40. The van der Waals surface area contributed by atoms with Gasteiger partial charge in [-0.25, -0.2) is 4.39 Å². The fraction of sp³-hybridized carbons (Fsp3) is 0.214. The molecule has 11 heteroatoms. The molecule has 1 aromatic carbocycles. The molecule has 0 saturated heterocycles. The van der Waals surface area contributed by atoms with Gasteiger partial charge >= 0.3 is 0 Å². The van der Waals surface area contributed by atoms with Crippen LogP contribution in [-0.2, 0) is 5.75 Å². The van der Waals surface area contributed by atoms with Crippen LogP contribution in [0.2, 0.25) is 0 Å². The molecule has 0 fully saturated rings. The van der Waals surface area contributed by atoms with E-state index in [2.05, 4.69) is 30.5 Å². The van der Waals surface area contributed by atoms with E-state index >= 15 is 0 Å². The van der Waals surface area contributed by atoms with Crippen molar-refractivity contribution < 1.29 is 4.39 Å². The molecule has 0 bridgehead atoms. The number of para-hydroxylation sites is 1. The SMILES string of the molecule is CN(C)c1nc(N)nc(CSc2nnc(Nc3ccccc3F)s2)n1. The highest BCUT2D eigenvalue weighted by molar-refractivity contribution is 8.00. The van der Waals surface area contributed by atoms with E-state index in [1.165, 1.54) is 29.2 Å². The van der Waals surface area contributed by atoms with Crippen LogP contribution in [0.4, 0.5) is 27.1 Å². The standard InChI is InChI=1S/C14H15FN8S2/c1-23(2)12-19-10(18-11(16)20-12)7-24-14-22-21-13(25-14)17-9-6-4-3-5-8(9)15/h3-6H,7H2,1-2H3,(H,17,21)(H2,16,18,19,20). The van der Waals surface area contributed by atoms with Gasteiger partial charge in [-0.2, -0.15) is 15.0 Å². The van der Waals surface area contributed by atoms with Crippen LogP contribution in [0.1, 0.15) is 5.82 Å². The number of thioether (sulfide) groups is 1. The number of hydrogen-bond donors (Lipinski definition) is 2. The van der Waals surface area contributed by atoms with Crippen molar-refractivity contribution in [3.8, 4) is 0 Å². The first-order valence-electron chi connectivity index (χ1n) is 7.17. The Bertz CT molecular complexity index is 870. The predicted octanol–water partition coefficient (Wildman–Crippen LogP) is 2.55. The minimum absolute atomic E-state index is 0.175. The second kappa shape index (κ2) is 7.57. The van der Waals surface area contributed by atoms with Gasteiger partial charge in [-0.3, -0.25) is 0 Å². The molecule has 2 aromatic heterocycles. The Kier molecular flexibility index (Phi) is 5.24. The Morgan fingerprint density at radius 2 is 2.00 bits per heavy atom. The second-order valence-corrected chi connectivity index (χ2v) is 7.27. The molecule has 0 spiro atoms. The van der Waals surface area contributed by atoms with E-state index in [9.17, 15) is 4.39 Å². The fourth-order valence-corrected chi connectivity index (χ4v) is 3.43. The first-order valence-corrected chi connectivity index (χ1v) is 8.97. The summed E-state index contributed by atoms with van der Waals surface area (Å²) in [4.78, 5) is 14.3. The topological polar surface area (TPSA) is 106 Å². The number of nitrogens with one attached hydrogen (secondary N) is 1. The maximum absolute atomic E-state index is 13.6. The number of anilines is 4. The molecule has 0 unspecified atom stereocenters. The van der Waals surface area contributed by atoms with E-state index in [1.807, 2.05) is 14.1 Å². The van der Waals surface area contributed by atoms with Gasteiger partial charge in [0, 0.05) is 14.1 Å². The summed E-state index contributed by atoms with van der Waals surface area (Å²) in [6.07, 6.45) is 0. The van der Waals surface area contributed by atoms with Crippen LogP contribution < -0.4 is 16.0 Å². The summed E-state index contributed by atoms with van der Waals surface area (Å²) < 4.78 is 14.4. The number of halogens is 1. The van der Waals surface area contributed by atoms with Crippen molar-refractivity contribution in [2.24, 2.45) is 0 Å². The molecule has 130 valence electrons. The molecule has 0 saturated carbocycles. The lowest BCUT2D eigenvalue weighted by Crippen LogP contribution is -2.15. The predicted molar refractivity (Wildman–Crippen MR) is 97.7 cm³/mol. The number of hydrogen-bond acceptors (Lipinski definition) is 10. The lowest BCUT2D eigenvalue weighted by molar-refractivity contribution is 0.632. The molecule has 2 heterocycles. The molecule has 25 heavy (non-hydrogen) atoms. The van der Waals surface area contributed by atoms with Crippen LogP contribution in [0, 0.1) is 5.82 Å². The monoisotopic (exact) mass is 378 g/mol. The molecule has 8 nitrogen and oxygen atoms in total. The molecule has 0 radical (unpaired) electrons. The molecule has 0 aliphatic carbocycles. The van der Waals surface area contributed by atoms with Crippen LogP contribution in [0.25, 0.3) is 0 Å². The lowest BCUT2D eigenvalue weighted by atomic mass is 10.3. The Labute approximate surface area is 151 Å². The number of benzene rings is 1. The largest absolute Gasteiger partial charge is 0.368 e. The normalized spacial score (nSPS) is 10.7. The summed E-state index contributed by atoms with van der Waals surface area (Å²) in [6.45, 7) is 0. The Morgan fingerprint density at radius 3 is 2.76 bits per heavy atom. The summed E-state index contributed by atoms with van der Waals surface area (Å²) in [7, 11) is 3.66. The lowest BCUT2D eigenvalue weighted by Gasteiger charge is -2.10. The maximum Gasteiger partial charge on any atom is 0.229 e. The minimum atomic E-state index is -0.344. The van der Waals surface area contributed by atoms with Gasteiger partial charge in [-0.15, -0.1) is 10.2 Å². The smallest absolute Gasteiger partial charge is 0.229 e. The van der Waals surface area contributed by atoms with E-state index in [0.717, 1.165) is 0 Å². The Hall–Kier alpha value is -2.53. The number of nitrogens with two attached hydrogens (primary N) is 1. The third-order valence-electron chi connectivity index (χ3n) is 2.93. The van der Waals surface area contributed by atoms with Crippen LogP contribution in [0.15, 0.2) is 28.6 Å². The number of nitrogen functional groups attached to an aromatic ring is 1. The molecule has 0 aliphatic rings. The third-order valence-corrected chi connectivity index (χ3v) is 4.90. The van der Waals surface area contributed by atoms with Crippen molar-refractivity contribution in [3.05, 3.63) is 35.9 Å². The van der Waals surface area contributed by atoms with E-state index in [1.54, 1.807) is 23.1 Å². The molecular formula is C14H15FN8S2. The average Bonchev–Trinajstić information content (AvgIpc) is 3.02. The van der Waals surface area contributed by atoms with Gasteiger partial charge in [0.25, 0.3) is 0 Å². The van der Waals surface area contributed by atoms with Gasteiger partial charge in [0.05, 0.1) is 11.4 Å². The van der Waals surface area contributed by atoms with Crippen molar-refractivity contribution in [2.45, 2.75) is 10.1 Å². The van der Waals surface area contributed by atoms with Crippen LogP contribution in [0.5, 0.6) is 0 Å². The second-order valence-electron chi connectivity index (χ2n) is 5.07. The molecule has 0 aliphatic heterocycles. The van der Waals surface area contributed by atoms with Crippen molar-refractivity contribution in [1.82, 2.24) is 25.1 Å². The zero-order chi connectivity index (χ0) is 17.8. The van der Waals surface area contributed by atoms with Crippen molar-refractivity contribution in [2.75, 3.05) is 30.0 Å². The third kappa shape index (κ3) is 4.51. The van der Waals surface area contributed by atoms with Crippen LogP contribution in [0.3, 0.4) is 0 Å². The van der Waals surface area contributed by atoms with Gasteiger partial charge in [-0.1, -0.05) is 35.2 Å². The molecule has 3 N–H and O–H groups in total. The summed E-state index contributed by atoms with van der Waals surface area (Å²) in [5.74, 6) is 1.36. The molecule has 0 atom stereocenters. The van der Waals surface area contributed by atoms with Gasteiger partial charge < -0.3 is 16.0 Å². The van der Waals surface area contributed by atoms with Crippen LogP contribution >= 0.6 is 23.1 Å². The highest BCUT2D eigenvalue weighted by atomic mass is 32.2. The molecule has 0 amide bonds. The quantitative estimate of drug-likeness (QED) is 0.626. The summed E-state index contributed by atoms with van der Waals surface area (Å²) >= 11 is 2.74. The van der Waals surface area contributed by atoms with Crippen molar-refractivity contribution in [3.63, 3.8) is 0 Å².